The van der Waals surface area contributed by atoms with Crippen molar-refractivity contribution >= 4 is 16.5 Å². The lowest BCUT2D eigenvalue weighted by molar-refractivity contribution is 0.330. The molecule has 0 unspecified atom stereocenters. The monoisotopic (exact) mass is 253 g/mol. The minimum Gasteiger partial charge on any atom is -0.382 e. The van der Waals surface area contributed by atoms with E-state index in [0.717, 1.165) is 5.92 Å². The molecule has 0 saturated heterocycles. The average molecular weight is 253 g/mol. The summed E-state index contributed by atoms with van der Waals surface area (Å²) in [4.78, 5) is 0. The number of fused-ring (bicyclic) bond motifs is 1. The maximum Gasteiger partial charge on any atom is 0.0422 e. The fraction of sp³-hybridized carbons (Fsp3) is 0.444. The van der Waals surface area contributed by atoms with Gasteiger partial charge in [-0.3, -0.25) is 0 Å². The number of benzene rings is 2. The lowest BCUT2D eigenvalue weighted by atomic mass is 9.84. The van der Waals surface area contributed by atoms with Crippen molar-refractivity contribution in [3.05, 3.63) is 42.5 Å². The van der Waals surface area contributed by atoms with E-state index >= 15 is 0 Å². The van der Waals surface area contributed by atoms with Gasteiger partial charge in [0.15, 0.2) is 0 Å². The van der Waals surface area contributed by atoms with Crippen LogP contribution in [0.5, 0.6) is 0 Å². The summed E-state index contributed by atoms with van der Waals surface area (Å²) in [5.41, 5.74) is 1.30. The summed E-state index contributed by atoms with van der Waals surface area (Å²) in [5, 5.41) is 6.45. The topological polar surface area (TPSA) is 12.0 Å². The summed E-state index contributed by atoms with van der Waals surface area (Å²) in [6.45, 7) is 2.32. The SMILES string of the molecule is CCC1CCC(Nc2cccc3ccccc23)CC1. The van der Waals surface area contributed by atoms with Gasteiger partial charge in [-0.15, -0.1) is 0 Å². The first-order valence-electron chi connectivity index (χ1n) is 7.61. The third-order valence-corrected chi connectivity index (χ3v) is 4.57. The standard InChI is InChI=1S/C18H23N/c1-2-14-10-12-16(13-11-14)19-18-9-5-7-15-6-3-4-8-17(15)18/h3-9,14,16,19H,2,10-13H2,1H3. The Kier molecular flexibility index (Phi) is 3.72. The average Bonchev–Trinajstić information content (AvgIpc) is 2.48. The molecule has 3 rings (SSSR count). The number of hydrogen-bond donors (Lipinski definition) is 1. The molecule has 0 atom stereocenters. The Morgan fingerprint density at radius 1 is 0.947 bits per heavy atom. The minimum absolute atomic E-state index is 0.661. The molecule has 0 heterocycles. The van der Waals surface area contributed by atoms with Crippen molar-refractivity contribution in [2.24, 2.45) is 5.92 Å². The van der Waals surface area contributed by atoms with Gasteiger partial charge in [0.1, 0.15) is 0 Å². The molecule has 0 spiro atoms. The van der Waals surface area contributed by atoms with Crippen LogP contribution in [0.1, 0.15) is 39.0 Å². The van der Waals surface area contributed by atoms with Crippen LogP contribution in [0.2, 0.25) is 0 Å². The van der Waals surface area contributed by atoms with Gasteiger partial charge in [0.05, 0.1) is 0 Å². The molecule has 0 bridgehead atoms. The van der Waals surface area contributed by atoms with E-state index in [-0.39, 0.29) is 0 Å². The van der Waals surface area contributed by atoms with Crippen molar-refractivity contribution in [2.75, 3.05) is 5.32 Å². The predicted molar refractivity (Wildman–Crippen MR) is 83.6 cm³/mol. The van der Waals surface area contributed by atoms with Gasteiger partial charge >= 0.3 is 0 Å². The van der Waals surface area contributed by atoms with Crippen molar-refractivity contribution in [2.45, 2.75) is 45.1 Å². The van der Waals surface area contributed by atoms with Gasteiger partial charge in [-0.1, -0.05) is 49.7 Å². The first-order chi connectivity index (χ1) is 9.36. The molecule has 1 saturated carbocycles. The maximum atomic E-state index is 3.77. The van der Waals surface area contributed by atoms with Crippen LogP contribution in [0.25, 0.3) is 10.8 Å². The van der Waals surface area contributed by atoms with Crippen LogP contribution in [0.4, 0.5) is 5.69 Å². The highest BCUT2D eigenvalue weighted by atomic mass is 14.9. The third kappa shape index (κ3) is 2.75. The summed E-state index contributed by atoms with van der Waals surface area (Å²) in [7, 11) is 0. The van der Waals surface area contributed by atoms with E-state index in [2.05, 4.69) is 54.7 Å². The van der Waals surface area contributed by atoms with Gasteiger partial charge in [-0.05, 0) is 43.1 Å². The van der Waals surface area contributed by atoms with E-state index in [1.807, 2.05) is 0 Å². The van der Waals surface area contributed by atoms with E-state index in [1.54, 1.807) is 0 Å². The van der Waals surface area contributed by atoms with E-state index < -0.39 is 0 Å². The van der Waals surface area contributed by atoms with Gasteiger partial charge < -0.3 is 5.32 Å². The Hall–Kier alpha value is -1.50. The van der Waals surface area contributed by atoms with E-state index in [1.165, 1.54) is 48.6 Å². The Labute approximate surface area is 116 Å². The molecule has 2 aromatic rings. The largest absolute Gasteiger partial charge is 0.382 e. The van der Waals surface area contributed by atoms with Crippen LogP contribution in [-0.2, 0) is 0 Å². The molecule has 2 aromatic carbocycles. The highest BCUT2D eigenvalue weighted by Gasteiger charge is 2.19. The van der Waals surface area contributed by atoms with Crippen molar-refractivity contribution < 1.29 is 0 Å². The predicted octanol–water partition coefficient (Wildman–Crippen LogP) is 5.22. The van der Waals surface area contributed by atoms with Crippen molar-refractivity contribution in [1.82, 2.24) is 0 Å². The molecule has 1 aliphatic carbocycles. The Bertz CT molecular complexity index is 533. The van der Waals surface area contributed by atoms with Gasteiger partial charge in [0, 0.05) is 17.1 Å². The molecule has 1 heteroatoms. The highest BCUT2D eigenvalue weighted by molar-refractivity contribution is 5.93. The molecular formula is C18H23N. The summed E-state index contributed by atoms with van der Waals surface area (Å²) < 4.78 is 0. The molecule has 100 valence electrons. The molecule has 1 N–H and O–H groups in total. The van der Waals surface area contributed by atoms with Crippen LogP contribution < -0.4 is 5.32 Å². The second-order valence-corrected chi connectivity index (χ2v) is 5.80. The summed E-state index contributed by atoms with van der Waals surface area (Å²) >= 11 is 0. The quantitative estimate of drug-likeness (QED) is 0.790. The second-order valence-electron chi connectivity index (χ2n) is 5.80. The maximum absolute atomic E-state index is 3.77. The molecule has 1 nitrogen and oxygen atoms in total. The molecule has 0 aliphatic heterocycles. The van der Waals surface area contributed by atoms with Gasteiger partial charge in [-0.25, -0.2) is 0 Å². The summed E-state index contributed by atoms with van der Waals surface area (Å²) in [6, 6.07) is 15.9. The summed E-state index contributed by atoms with van der Waals surface area (Å²) in [6.07, 6.45) is 6.77. The Morgan fingerprint density at radius 2 is 1.68 bits per heavy atom. The lowest BCUT2D eigenvalue weighted by Crippen LogP contribution is -2.25. The summed E-state index contributed by atoms with van der Waals surface area (Å²) in [5.74, 6) is 0.963. The van der Waals surface area contributed by atoms with E-state index in [4.69, 9.17) is 0 Å². The third-order valence-electron chi connectivity index (χ3n) is 4.57. The molecule has 1 aliphatic rings. The van der Waals surface area contributed by atoms with E-state index in [0.29, 0.717) is 6.04 Å². The number of rotatable bonds is 3. The smallest absolute Gasteiger partial charge is 0.0422 e. The number of anilines is 1. The normalized spacial score (nSPS) is 23.4. The molecular weight excluding hydrogens is 230 g/mol. The van der Waals surface area contributed by atoms with Gasteiger partial charge in [0.25, 0.3) is 0 Å². The minimum atomic E-state index is 0.661. The van der Waals surface area contributed by atoms with Crippen LogP contribution in [0, 0.1) is 5.92 Å². The zero-order valence-corrected chi connectivity index (χ0v) is 11.7. The first kappa shape index (κ1) is 12.5. The van der Waals surface area contributed by atoms with Crippen LogP contribution >= 0.6 is 0 Å². The second kappa shape index (κ2) is 5.64. The van der Waals surface area contributed by atoms with Crippen molar-refractivity contribution in [3.63, 3.8) is 0 Å². The van der Waals surface area contributed by atoms with Gasteiger partial charge in [-0.2, -0.15) is 0 Å². The van der Waals surface area contributed by atoms with Gasteiger partial charge in [0.2, 0.25) is 0 Å². The number of hydrogen-bond acceptors (Lipinski definition) is 1. The highest BCUT2D eigenvalue weighted by Crippen LogP contribution is 2.30. The van der Waals surface area contributed by atoms with Crippen molar-refractivity contribution in [1.29, 1.82) is 0 Å². The van der Waals surface area contributed by atoms with Crippen LogP contribution in [-0.4, -0.2) is 6.04 Å². The molecule has 1 fully saturated rings. The van der Waals surface area contributed by atoms with Crippen LogP contribution in [0.15, 0.2) is 42.5 Å². The lowest BCUT2D eigenvalue weighted by Gasteiger charge is -2.29. The zero-order valence-electron chi connectivity index (χ0n) is 11.7. The van der Waals surface area contributed by atoms with Crippen LogP contribution in [0.3, 0.4) is 0 Å². The number of nitrogens with one attached hydrogen (secondary N) is 1. The Morgan fingerprint density at radius 3 is 2.47 bits per heavy atom. The first-order valence-corrected chi connectivity index (χ1v) is 7.61. The molecule has 0 amide bonds. The molecule has 0 aromatic heterocycles. The fourth-order valence-corrected chi connectivity index (χ4v) is 3.29. The van der Waals surface area contributed by atoms with Crippen molar-refractivity contribution in [3.8, 4) is 0 Å². The molecule has 19 heavy (non-hydrogen) atoms. The Balaban J connectivity index is 1.75. The zero-order chi connectivity index (χ0) is 13.1. The molecule has 0 radical (unpaired) electrons. The van der Waals surface area contributed by atoms with E-state index in [9.17, 15) is 0 Å². The fourth-order valence-electron chi connectivity index (χ4n) is 3.29.